The van der Waals surface area contributed by atoms with Crippen LogP contribution in [0.1, 0.15) is 28.7 Å². The van der Waals surface area contributed by atoms with Crippen molar-refractivity contribution in [2.45, 2.75) is 12.5 Å². The highest BCUT2D eigenvalue weighted by atomic mass is 35.5. The van der Waals surface area contributed by atoms with Crippen molar-refractivity contribution in [3.63, 3.8) is 0 Å². The molecular formula is C26H21ClF3N3O6. The van der Waals surface area contributed by atoms with Crippen LogP contribution in [0.15, 0.2) is 48.8 Å². The highest BCUT2D eigenvalue weighted by Gasteiger charge is 2.42. The average Bonchev–Trinajstić information content (AvgIpc) is 2.92. The number of alkyl halides is 3. The number of methoxy groups -OCH3 is 1. The normalized spacial score (nSPS) is 19.9. The van der Waals surface area contributed by atoms with Gasteiger partial charge in [0.15, 0.2) is 11.5 Å². The number of carbonyl (C=O) groups is 1. The molecule has 1 atom stereocenters. The van der Waals surface area contributed by atoms with Crippen LogP contribution in [0.25, 0.3) is 11.3 Å². The van der Waals surface area contributed by atoms with Crippen molar-refractivity contribution in [1.29, 1.82) is 0 Å². The van der Waals surface area contributed by atoms with Gasteiger partial charge in [-0.1, -0.05) is 11.6 Å². The zero-order valence-corrected chi connectivity index (χ0v) is 21.1. The molecule has 0 radical (unpaired) electrons. The van der Waals surface area contributed by atoms with Gasteiger partial charge >= 0.3 is 12.1 Å². The summed E-state index contributed by atoms with van der Waals surface area (Å²) in [6.45, 7) is 0.748. The maximum atomic E-state index is 14.7. The van der Waals surface area contributed by atoms with Gasteiger partial charge < -0.3 is 29.0 Å². The minimum atomic E-state index is -4.94. The number of aliphatic hydroxyl groups is 1. The summed E-state index contributed by atoms with van der Waals surface area (Å²) in [6, 6.07) is 8.41. The molecule has 2 aromatic carbocycles. The minimum absolute atomic E-state index is 0.0861. The maximum absolute atomic E-state index is 14.7. The van der Waals surface area contributed by atoms with Gasteiger partial charge in [-0.15, -0.1) is 0 Å². The lowest BCUT2D eigenvalue weighted by Gasteiger charge is -2.32. The predicted octanol–water partition coefficient (Wildman–Crippen LogP) is 5.05. The molecule has 0 bridgehead atoms. The highest BCUT2D eigenvalue weighted by Crippen LogP contribution is 2.46. The van der Waals surface area contributed by atoms with Crippen molar-refractivity contribution in [2.75, 3.05) is 38.3 Å². The summed E-state index contributed by atoms with van der Waals surface area (Å²) in [5.41, 5.74) is -2.90. The molecular weight excluding hydrogens is 543 g/mol. The molecule has 5 rings (SSSR count). The fourth-order valence-corrected chi connectivity index (χ4v) is 4.56. The van der Waals surface area contributed by atoms with E-state index in [-0.39, 0.29) is 48.6 Å². The standard InChI is InChI=1S/C26H21ClF3N3O6/c1-36-16-4-2-14(3-5-16)25-38-23-21(31-6-7-32-23)22(34)19(24(35)39-25)17-12-15(27)13-18(20(17)26(28,29)30)33-8-10-37-11-9-33/h2-7,12-13,25,34H,8-11H2,1H3/b22-19+. The molecule has 0 spiro atoms. The second-order valence-electron chi connectivity index (χ2n) is 8.51. The first-order chi connectivity index (χ1) is 18.7. The highest BCUT2D eigenvalue weighted by molar-refractivity contribution is 6.32. The molecule has 39 heavy (non-hydrogen) atoms. The topological polar surface area (TPSA) is 103 Å². The number of aromatic nitrogens is 2. The number of morpholine rings is 1. The molecule has 0 amide bonds. The van der Waals surface area contributed by atoms with Crippen LogP contribution >= 0.6 is 11.6 Å². The number of halogens is 4. The fourth-order valence-electron chi connectivity index (χ4n) is 4.35. The molecule has 13 heteroatoms. The Morgan fingerprint density at radius 3 is 2.44 bits per heavy atom. The summed E-state index contributed by atoms with van der Waals surface area (Å²) in [4.78, 5) is 23.1. The van der Waals surface area contributed by atoms with Crippen molar-refractivity contribution >= 4 is 34.6 Å². The summed E-state index contributed by atoms with van der Waals surface area (Å²) in [7, 11) is 1.47. The molecule has 1 saturated heterocycles. The average molecular weight is 564 g/mol. The molecule has 1 N–H and O–H groups in total. The third-order valence-electron chi connectivity index (χ3n) is 6.14. The van der Waals surface area contributed by atoms with Crippen LogP contribution in [0.5, 0.6) is 11.6 Å². The largest absolute Gasteiger partial charge is 0.505 e. The van der Waals surface area contributed by atoms with Crippen molar-refractivity contribution in [1.82, 2.24) is 9.97 Å². The number of rotatable bonds is 4. The first-order valence-electron chi connectivity index (χ1n) is 11.7. The van der Waals surface area contributed by atoms with E-state index in [9.17, 15) is 23.1 Å². The molecule has 3 heterocycles. The second kappa shape index (κ2) is 10.6. The van der Waals surface area contributed by atoms with E-state index in [2.05, 4.69) is 9.97 Å². The van der Waals surface area contributed by atoms with Gasteiger partial charge in [-0.3, -0.25) is 0 Å². The molecule has 1 unspecified atom stereocenters. The molecule has 1 fully saturated rings. The van der Waals surface area contributed by atoms with Gasteiger partial charge in [-0.05, 0) is 36.4 Å². The minimum Gasteiger partial charge on any atom is -0.505 e. The summed E-state index contributed by atoms with van der Waals surface area (Å²) in [6.07, 6.45) is -3.92. The van der Waals surface area contributed by atoms with E-state index in [4.69, 9.17) is 30.5 Å². The lowest BCUT2D eigenvalue weighted by Crippen LogP contribution is -2.37. The van der Waals surface area contributed by atoms with E-state index in [1.165, 1.54) is 30.5 Å². The smallest absolute Gasteiger partial charge is 0.419 e. The number of esters is 1. The Labute approximate surface area is 225 Å². The van der Waals surface area contributed by atoms with Crippen LogP contribution < -0.4 is 14.4 Å². The van der Waals surface area contributed by atoms with Gasteiger partial charge in [-0.2, -0.15) is 13.2 Å². The number of cyclic esters (lactones) is 1. The monoisotopic (exact) mass is 563 g/mol. The maximum Gasteiger partial charge on any atom is 0.419 e. The van der Waals surface area contributed by atoms with Gasteiger partial charge in [0.25, 0.3) is 6.29 Å². The Bertz CT molecular complexity index is 1430. The molecule has 2 aliphatic rings. The van der Waals surface area contributed by atoms with Crippen LogP contribution in [0.4, 0.5) is 18.9 Å². The molecule has 3 aromatic rings. The Balaban J connectivity index is 1.72. The van der Waals surface area contributed by atoms with Crippen LogP contribution in [0.3, 0.4) is 0 Å². The zero-order valence-electron chi connectivity index (χ0n) is 20.4. The third-order valence-corrected chi connectivity index (χ3v) is 6.36. The number of carbonyl (C=O) groups excluding carboxylic acids is 1. The summed E-state index contributed by atoms with van der Waals surface area (Å²) in [5, 5.41) is 11.1. The van der Waals surface area contributed by atoms with Crippen molar-refractivity contribution in [3.05, 3.63) is 76.2 Å². The van der Waals surface area contributed by atoms with Gasteiger partial charge in [0, 0.05) is 41.6 Å². The van der Waals surface area contributed by atoms with Crippen LogP contribution in [0, 0.1) is 0 Å². The van der Waals surface area contributed by atoms with E-state index in [1.807, 2.05) is 0 Å². The summed E-state index contributed by atoms with van der Waals surface area (Å²) in [5.74, 6) is -1.94. The van der Waals surface area contributed by atoms with Crippen molar-refractivity contribution < 1.29 is 42.0 Å². The number of benzene rings is 2. The lowest BCUT2D eigenvalue weighted by molar-refractivity contribution is -0.158. The van der Waals surface area contributed by atoms with Gasteiger partial charge in [-0.25, -0.2) is 14.8 Å². The number of anilines is 1. The summed E-state index contributed by atoms with van der Waals surface area (Å²) < 4.78 is 65.7. The van der Waals surface area contributed by atoms with Crippen LogP contribution in [-0.4, -0.2) is 54.5 Å². The van der Waals surface area contributed by atoms with Crippen molar-refractivity contribution in [3.8, 4) is 11.6 Å². The number of ether oxygens (including phenoxy) is 4. The number of hydrogen-bond donors (Lipinski definition) is 1. The number of hydrogen-bond acceptors (Lipinski definition) is 9. The first-order valence-corrected chi connectivity index (χ1v) is 12.0. The molecule has 9 nitrogen and oxygen atoms in total. The Morgan fingerprint density at radius 2 is 1.77 bits per heavy atom. The number of fused-ring (bicyclic) bond motifs is 1. The van der Waals surface area contributed by atoms with E-state index < -0.39 is 40.9 Å². The van der Waals surface area contributed by atoms with E-state index in [1.54, 1.807) is 24.3 Å². The molecule has 0 saturated carbocycles. The Morgan fingerprint density at radius 1 is 1.08 bits per heavy atom. The van der Waals surface area contributed by atoms with Crippen LogP contribution in [0.2, 0.25) is 5.02 Å². The second-order valence-corrected chi connectivity index (χ2v) is 8.94. The van der Waals surface area contributed by atoms with E-state index in [0.717, 1.165) is 6.07 Å². The molecule has 0 aliphatic carbocycles. The molecule has 204 valence electrons. The van der Waals surface area contributed by atoms with Crippen LogP contribution in [-0.2, 0) is 20.4 Å². The van der Waals surface area contributed by atoms with E-state index in [0.29, 0.717) is 11.3 Å². The third kappa shape index (κ3) is 5.30. The zero-order chi connectivity index (χ0) is 27.7. The summed E-state index contributed by atoms with van der Waals surface area (Å²) >= 11 is 6.29. The predicted molar refractivity (Wildman–Crippen MR) is 133 cm³/mol. The number of nitrogens with zero attached hydrogens (tertiary/aromatic N) is 3. The van der Waals surface area contributed by atoms with Gasteiger partial charge in [0.05, 0.1) is 31.6 Å². The Kier molecular flexibility index (Phi) is 7.23. The SMILES string of the molecule is COc1ccc(C2OC(=O)/C(c3cc(Cl)cc(N4CCOCC4)c3C(F)(F)F)=C(/O)c3nccnc3O2)cc1. The first kappa shape index (κ1) is 26.6. The van der Waals surface area contributed by atoms with Gasteiger partial charge in [0.1, 0.15) is 11.3 Å². The quantitative estimate of drug-likeness (QED) is 0.437. The number of aliphatic hydroxyl groups excluding tert-OH is 1. The molecule has 1 aromatic heterocycles. The van der Waals surface area contributed by atoms with E-state index >= 15 is 0 Å². The fraction of sp³-hybridized carbons (Fsp3) is 0.269. The molecule has 2 aliphatic heterocycles. The Hall–Kier alpha value is -4.03. The van der Waals surface area contributed by atoms with Crippen molar-refractivity contribution in [2.24, 2.45) is 0 Å². The lowest BCUT2D eigenvalue weighted by atomic mass is 9.94. The van der Waals surface area contributed by atoms with Gasteiger partial charge in [0.2, 0.25) is 5.88 Å².